The van der Waals surface area contributed by atoms with Gasteiger partial charge in [0.25, 0.3) is 5.91 Å². The quantitative estimate of drug-likeness (QED) is 0.651. The molecule has 1 aliphatic rings. The molecule has 6 nitrogen and oxygen atoms in total. The first kappa shape index (κ1) is 19.5. The number of anilines is 3. The van der Waals surface area contributed by atoms with E-state index in [1.165, 1.54) is 0 Å². The van der Waals surface area contributed by atoms with E-state index < -0.39 is 0 Å². The lowest BCUT2D eigenvalue weighted by molar-refractivity contribution is 0.0985. The Hall–Kier alpha value is -3.80. The van der Waals surface area contributed by atoms with Crippen molar-refractivity contribution in [3.8, 4) is 5.75 Å². The number of carbonyl (C=O) groups excluding carboxylic acids is 2. The van der Waals surface area contributed by atoms with Gasteiger partial charge in [-0.05, 0) is 66.9 Å². The zero-order chi connectivity index (χ0) is 20.9. The summed E-state index contributed by atoms with van der Waals surface area (Å²) in [5.74, 6) is 0.690. The van der Waals surface area contributed by atoms with Gasteiger partial charge in [0, 0.05) is 29.2 Å². The Morgan fingerprint density at radius 1 is 0.900 bits per heavy atom. The number of rotatable bonds is 4. The second kappa shape index (κ2) is 8.69. The largest absolute Gasteiger partial charge is 0.497 e. The summed E-state index contributed by atoms with van der Waals surface area (Å²) in [6.07, 6.45) is 1.82. The van der Waals surface area contributed by atoms with E-state index in [-0.39, 0.29) is 11.9 Å². The van der Waals surface area contributed by atoms with Crippen LogP contribution in [0.15, 0.2) is 72.8 Å². The van der Waals surface area contributed by atoms with Crippen LogP contribution in [0.25, 0.3) is 0 Å². The summed E-state index contributed by atoms with van der Waals surface area (Å²) in [5, 5.41) is 5.64. The fourth-order valence-corrected chi connectivity index (χ4v) is 3.57. The molecule has 152 valence electrons. The number of benzene rings is 3. The smallest absolute Gasteiger partial charge is 0.323 e. The van der Waals surface area contributed by atoms with Crippen LogP contribution in [0.1, 0.15) is 22.3 Å². The van der Waals surface area contributed by atoms with Crippen LogP contribution < -0.4 is 20.3 Å². The first-order valence-corrected chi connectivity index (χ1v) is 9.86. The number of carbonyl (C=O) groups is 2. The highest BCUT2D eigenvalue weighted by Gasteiger charge is 2.24. The molecule has 0 spiro atoms. The van der Waals surface area contributed by atoms with E-state index in [2.05, 4.69) is 10.6 Å². The van der Waals surface area contributed by atoms with Crippen molar-refractivity contribution in [1.82, 2.24) is 0 Å². The number of ether oxygens (including phenoxy) is 1. The molecule has 3 aromatic rings. The first-order chi connectivity index (χ1) is 14.6. The van der Waals surface area contributed by atoms with Crippen molar-refractivity contribution in [3.05, 3.63) is 83.9 Å². The highest BCUT2D eigenvalue weighted by atomic mass is 16.5. The van der Waals surface area contributed by atoms with Gasteiger partial charge in [-0.1, -0.05) is 24.3 Å². The van der Waals surface area contributed by atoms with Crippen LogP contribution in [-0.4, -0.2) is 25.6 Å². The topological polar surface area (TPSA) is 70.7 Å². The van der Waals surface area contributed by atoms with Gasteiger partial charge in [0.2, 0.25) is 0 Å². The maximum absolute atomic E-state index is 13.0. The fourth-order valence-electron chi connectivity index (χ4n) is 3.57. The van der Waals surface area contributed by atoms with Gasteiger partial charge in [-0.25, -0.2) is 4.79 Å². The molecule has 0 saturated heterocycles. The SMILES string of the molecule is COc1ccc(NC(=O)Nc2ccc3c(c2)N(C(=O)c2ccccc2)CCC3)cc1. The molecule has 1 aliphatic heterocycles. The minimum atomic E-state index is -0.350. The maximum atomic E-state index is 13.0. The van der Waals surface area contributed by atoms with Gasteiger partial charge in [0.05, 0.1) is 7.11 Å². The van der Waals surface area contributed by atoms with E-state index in [1.807, 2.05) is 48.5 Å². The average molecular weight is 401 g/mol. The monoisotopic (exact) mass is 401 g/mol. The predicted octanol–water partition coefficient (Wildman–Crippen LogP) is 4.93. The molecule has 0 atom stereocenters. The van der Waals surface area contributed by atoms with Gasteiger partial charge in [0.15, 0.2) is 0 Å². The molecule has 0 fully saturated rings. The van der Waals surface area contributed by atoms with Gasteiger partial charge in [-0.2, -0.15) is 0 Å². The highest BCUT2D eigenvalue weighted by molar-refractivity contribution is 6.07. The Labute approximate surface area is 175 Å². The minimum absolute atomic E-state index is 0.0311. The number of fused-ring (bicyclic) bond motifs is 1. The van der Waals surface area contributed by atoms with Gasteiger partial charge >= 0.3 is 6.03 Å². The van der Waals surface area contributed by atoms with Crippen LogP contribution in [0.2, 0.25) is 0 Å². The summed E-state index contributed by atoms with van der Waals surface area (Å²) in [6.45, 7) is 0.655. The summed E-state index contributed by atoms with van der Waals surface area (Å²) in [5.41, 5.74) is 3.89. The third-order valence-electron chi connectivity index (χ3n) is 5.08. The van der Waals surface area contributed by atoms with Gasteiger partial charge in [-0.3, -0.25) is 4.79 Å². The molecule has 6 heteroatoms. The van der Waals surface area contributed by atoms with E-state index in [0.717, 1.165) is 29.8 Å². The zero-order valence-electron chi connectivity index (χ0n) is 16.7. The number of nitrogens with zero attached hydrogens (tertiary/aromatic N) is 1. The van der Waals surface area contributed by atoms with Crippen molar-refractivity contribution in [2.45, 2.75) is 12.8 Å². The molecule has 0 bridgehead atoms. The van der Waals surface area contributed by atoms with Crippen LogP contribution in [0, 0.1) is 0 Å². The molecule has 0 aliphatic carbocycles. The summed E-state index contributed by atoms with van der Waals surface area (Å²) < 4.78 is 5.12. The molecular formula is C24H23N3O3. The second-order valence-corrected chi connectivity index (χ2v) is 7.08. The second-order valence-electron chi connectivity index (χ2n) is 7.08. The number of nitrogens with one attached hydrogen (secondary N) is 2. The van der Waals surface area contributed by atoms with Crippen molar-refractivity contribution in [2.24, 2.45) is 0 Å². The molecule has 1 heterocycles. The normalized spacial score (nSPS) is 12.6. The molecule has 3 aromatic carbocycles. The average Bonchev–Trinajstić information content (AvgIpc) is 2.79. The van der Waals surface area contributed by atoms with E-state index in [0.29, 0.717) is 23.5 Å². The van der Waals surface area contributed by atoms with Crippen molar-refractivity contribution in [2.75, 3.05) is 29.2 Å². The molecule has 0 aromatic heterocycles. The number of hydrogen-bond acceptors (Lipinski definition) is 3. The Bertz CT molecular complexity index is 1050. The number of hydrogen-bond donors (Lipinski definition) is 2. The van der Waals surface area contributed by atoms with Crippen LogP contribution >= 0.6 is 0 Å². The summed E-state index contributed by atoms with van der Waals surface area (Å²) >= 11 is 0. The molecule has 4 rings (SSSR count). The number of amides is 3. The minimum Gasteiger partial charge on any atom is -0.497 e. The lowest BCUT2D eigenvalue weighted by Crippen LogP contribution is -2.35. The maximum Gasteiger partial charge on any atom is 0.323 e. The van der Waals surface area contributed by atoms with E-state index in [9.17, 15) is 9.59 Å². The number of urea groups is 1. The van der Waals surface area contributed by atoms with Crippen molar-refractivity contribution in [1.29, 1.82) is 0 Å². The number of methoxy groups -OCH3 is 1. The molecule has 2 N–H and O–H groups in total. The van der Waals surface area contributed by atoms with E-state index in [1.54, 1.807) is 36.3 Å². The molecule has 0 saturated carbocycles. The van der Waals surface area contributed by atoms with Crippen LogP contribution in [0.4, 0.5) is 21.9 Å². The van der Waals surface area contributed by atoms with Crippen LogP contribution in [-0.2, 0) is 6.42 Å². The molecular weight excluding hydrogens is 378 g/mol. The van der Waals surface area contributed by atoms with Crippen molar-refractivity contribution >= 4 is 29.0 Å². The predicted molar refractivity (Wildman–Crippen MR) is 119 cm³/mol. The Morgan fingerprint density at radius 2 is 1.60 bits per heavy atom. The molecule has 0 radical (unpaired) electrons. The molecule has 30 heavy (non-hydrogen) atoms. The standard InChI is InChI=1S/C24H23N3O3/c1-30-21-13-11-19(12-14-21)25-24(29)26-20-10-9-17-8-5-15-27(22(17)16-20)23(28)18-6-3-2-4-7-18/h2-4,6-7,9-14,16H,5,8,15H2,1H3,(H2,25,26,29). The fraction of sp³-hybridized carbons (Fsp3) is 0.167. The third-order valence-corrected chi connectivity index (χ3v) is 5.08. The van der Waals surface area contributed by atoms with Crippen LogP contribution in [0.5, 0.6) is 5.75 Å². The van der Waals surface area contributed by atoms with Crippen LogP contribution in [0.3, 0.4) is 0 Å². The highest BCUT2D eigenvalue weighted by Crippen LogP contribution is 2.31. The van der Waals surface area contributed by atoms with Gasteiger partial charge in [-0.15, -0.1) is 0 Å². The molecule has 0 unspecified atom stereocenters. The van der Waals surface area contributed by atoms with Gasteiger partial charge in [0.1, 0.15) is 5.75 Å². The van der Waals surface area contributed by atoms with Crippen molar-refractivity contribution < 1.29 is 14.3 Å². The third kappa shape index (κ3) is 4.27. The van der Waals surface area contributed by atoms with E-state index in [4.69, 9.17) is 4.74 Å². The van der Waals surface area contributed by atoms with E-state index >= 15 is 0 Å². The number of aryl methyl sites for hydroxylation is 1. The summed E-state index contributed by atoms with van der Waals surface area (Å²) in [4.78, 5) is 27.2. The first-order valence-electron chi connectivity index (χ1n) is 9.86. The lowest BCUT2D eigenvalue weighted by Gasteiger charge is -2.30. The Morgan fingerprint density at radius 3 is 2.33 bits per heavy atom. The zero-order valence-corrected chi connectivity index (χ0v) is 16.7. The lowest BCUT2D eigenvalue weighted by atomic mass is 10.00. The Kier molecular flexibility index (Phi) is 5.66. The summed E-state index contributed by atoms with van der Waals surface area (Å²) in [7, 11) is 1.59. The Balaban J connectivity index is 1.50. The summed E-state index contributed by atoms with van der Waals surface area (Å²) in [6, 6.07) is 21.7. The van der Waals surface area contributed by atoms with Crippen molar-refractivity contribution in [3.63, 3.8) is 0 Å². The molecule has 3 amide bonds. The van der Waals surface area contributed by atoms with Gasteiger partial charge < -0.3 is 20.3 Å².